The monoisotopic (exact) mass is 334 g/mol. The van der Waals surface area contributed by atoms with Crippen molar-refractivity contribution in [2.75, 3.05) is 12.0 Å². The van der Waals surface area contributed by atoms with E-state index < -0.39 is 29.1 Å². The standard InChI is InChI=1S/C14H11FN4O5/c1-24-12(21)10-6-14(19(16-10)17-23)7-11(20)18(13(14)22)9-4-2-8(15)3-5-9/h2-5H,6-7H2,1H3. The number of ether oxygens (including phenoxy) is 1. The first-order valence-corrected chi connectivity index (χ1v) is 6.85. The number of esters is 1. The van der Waals surface area contributed by atoms with Crippen LogP contribution in [0.4, 0.5) is 10.1 Å². The number of hydrogen-bond donors (Lipinski definition) is 0. The van der Waals surface area contributed by atoms with Crippen LogP contribution in [0, 0.1) is 10.7 Å². The lowest BCUT2D eigenvalue weighted by Gasteiger charge is -2.24. The predicted molar refractivity (Wildman–Crippen MR) is 77.9 cm³/mol. The van der Waals surface area contributed by atoms with Crippen LogP contribution in [0.1, 0.15) is 12.8 Å². The van der Waals surface area contributed by atoms with Crippen LogP contribution in [0.5, 0.6) is 0 Å². The molecule has 3 rings (SSSR count). The van der Waals surface area contributed by atoms with Crippen LogP contribution in [0.15, 0.2) is 34.7 Å². The summed E-state index contributed by atoms with van der Waals surface area (Å²) in [6.07, 6.45) is -0.674. The summed E-state index contributed by atoms with van der Waals surface area (Å²) in [5.41, 5.74) is -1.73. The number of nitrogens with zero attached hydrogens (tertiary/aromatic N) is 4. The SMILES string of the molecule is COC(=O)C1=NN(N=O)C2(CC(=O)N(c3ccc(F)cc3)C2=O)C1. The molecule has 9 nitrogen and oxygen atoms in total. The number of anilines is 1. The molecule has 10 heteroatoms. The number of halogens is 1. The van der Waals surface area contributed by atoms with Gasteiger partial charge in [-0.05, 0) is 24.3 Å². The number of imide groups is 1. The molecule has 2 aliphatic heterocycles. The number of carbonyl (C=O) groups excluding carboxylic acids is 3. The van der Waals surface area contributed by atoms with Gasteiger partial charge in [0.1, 0.15) is 5.82 Å². The summed E-state index contributed by atoms with van der Waals surface area (Å²) >= 11 is 0. The molecule has 2 amide bonds. The second kappa shape index (κ2) is 5.48. The summed E-state index contributed by atoms with van der Waals surface area (Å²) in [6, 6.07) is 4.73. The van der Waals surface area contributed by atoms with E-state index in [1.54, 1.807) is 0 Å². The molecule has 0 N–H and O–H groups in total. The van der Waals surface area contributed by atoms with Gasteiger partial charge in [0.2, 0.25) is 5.91 Å². The lowest BCUT2D eigenvalue weighted by molar-refractivity contribution is -0.132. The molecule has 0 aliphatic carbocycles. The van der Waals surface area contributed by atoms with Gasteiger partial charge in [0.05, 0.1) is 24.5 Å². The van der Waals surface area contributed by atoms with Gasteiger partial charge in [-0.2, -0.15) is 0 Å². The fourth-order valence-electron chi connectivity index (χ4n) is 2.79. The third-order valence-corrected chi connectivity index (χ3v) is 3.94. The minimum atomic E-state index is -1.70. The summed E-state index contributed by atoms with van der Waals surface area (Å²) < 4.78 is 17.6. The Morgan fingerprint density at radius 1 is 1.29 bits per heavy atom. The Balaban J connectivity index is 1.97. The number of benzene rings is 1. The van der Waals surface area contributed by atoms with Gasteiger partial charge in [0.25, 0.3) is 5.91 Å². The van der Waals surface area contributed by atoms with Gasteiger partial charge in [-0.15, -0.1) is 15.1 Å². The van der Waals surface area contributed by atoms with E-state index in [0.29, 0.717) is 5.12 Å². The molecule has 124 valence electrons. The number of methoxy groups -OCH3 is 1. The molecule has 1 saturated heterocycles. The maximum absolute atomic E-state index is 13.0. The Bertz CT molecular complexity index is 778. The zero-order valence-corrected chi connectivity index (χ0v) is 12.4. The maximum atomic E-state index is 13.0. The van der Waals surface area contributed by atoms with Crippen LogP contribution in [0.2, 0.25) is 0 Å². The molecule has 1 fully saturated rings. The van der Waals surface area contributed by atoms with E-state index in [1.165, 1.54) is 12.1 Å². The first-order valence-electron chi connectivity index (χ1n) is 6.85. The summed E-state index contributed by atoms with van der Waals surface area (Å²) in [4.78, 5) is 48.6. The molecule has 24 heavy (non-hydrogen) atoms. The summed E-state index contributed by atoms with van der Waals surface area (Å²) in [5.74, 6) is -2.72. The van der Waals surface area contributed by atoms with Gasteiger partial charge in [0, 0.05) is 6.42 Å². The van der Waals surface area contributed by atoms with Crippen LogP contribution < -0.4 is 4.90 Å². The number of rotatable bonds is 3. The second-order valence-corrected chi connectivity index (χ2v) is 5.31. The highest BCUT2D eigenvalue weighted by Gasteiger charge is 2.61. The highest BCUT2D eigenvalue weighted by atomic mass is 19.1. The molecule has 0 bridgehead atoms. The Labute approximate surface area is 134 Å². The minimum Gasteiger partial charge on any atom is -0.464 e. The molecule has 1 aromatic rings. The molecule has 1 aromatic carbocycles. The van der Waals surface area contributed by atoms with Crippen molar-refractivity contribution in [1.29, 1.82) is 0 Å². The molecule has 0 radical (unpaired) electrons. The second-order valence-electron chi connectivity index (χ2n) is 5.31. The summed E-state index contributed by atoms with van der Waals surface area (Å²) in [6.45, 7) is 0. The molecule has 1 spiro atoms. The van der Waals surface area contributed by atoms with Crippen LogP contribution >= 0.6 is 0 Å². The zero-order valence-electron chi connectivity index (χ0n) is 12.4. The highest BCUT2D eigenvalue weighted by Crippen LogP contribution is 2.40. The number of carbonyl (C=O) groups is 3. The van der Waals surface area contributed by atoms with E-state index in [0.717, 1.165) is 24.1 Å². The first kappa shape index (κ1) is 15.7. The van der Waals surface area contributed by atoms with Crippen molar-refractivity contribution >= 4 is 29.2 Å². The minimum absolute atomic E-state index is 0.153. The van der Waals surface area contributed by atoms with Crippen molar-refractivity contribution in [3.63, 3.8) is 0 Å². The topological polar surface area (TPSA) is 109 Å². The Morgan fingerprint density at radius 2 is 1.96 bits per heavy atom. The van der Waals surface area contributed by atoms with E-state index in [2.05, 4.69) is 15.1 Å². The van der Waals surface area contributed by atoms with Crippen LogP contribution in [0.3, 0.4) is 0 Å². The quantitative estimate of drug-likeness (QED) is 0.458. The highest BCUT2D eigenvalue weighted by molar-refractivity contribution is 6.39. The van der Waals surface area contributed by atoms with E-state index >= 15 is 0 Å². The van der Waals surface area contributed by atoms with Gasteiger partial charge >= 0.3 is 5.97 Å². The van der Waals surface area contributed by atoms with Gasteiger partial charge in [-0.3, -0.25) is 9.59 Å². The summed E-state index contributed by atoms with van der Waals surface area (Å²) in [5, 5.41) is 6.85. The first-order chi connectivity index (χ1) is 11.4. The Kier molecular flexibility index (Phi) is 3.59. The number of nitroso groups, excluding NO2 is 1. The third-order valence-electron chi connectivity index (χ3n) is 3.94. The predicted octanol–water partition coefficient (Wildman–Crippen LogP) is 0.744. The fraction of sp³-hybridized carbons (Fsp3) is 0.286. The largest absolute Gasteiger partial charge is 0.464 e. The van der Waals surface area contributed by atoms with Crippen molar-refractivity contribution in [2.45, 2.75) is 18.4 Å². The normalized spacial score (nSPS) is 23.0. The molecule has 1 atom stereocenters. The molecule has 1 unspecified atom stereocenters. The lowest BCUT2D eigenvalue weighted by Crippen LogP contribution is -2.48. The Hall–Kier alpha value is -3.17. The number of hydrazone groups is 1. The van der Waals surface area contributed by atoms with Crippen molar-refractivity contribution < 1.29 is 23.5 Å². The number of hydrogen-bond acceptors (Lipinski definition) is 7. The molecule has 2 heterocycles. The zero-order chi connectivity index (χ0) is 17.5. The average molecular weight is 334 g/mol. The van der Waals surface area contributed by atoms with E-state index in [1.807, 2.05) is 0 Å². The van der Waals surface area contributed by atoms with Crippen molar-refractivity contribution in [3.05, 3.63) is 35.0 Å². The van der Waals surface area contributed by atoms with Gasteiger partial charge in [0.15, 0.2) is 11.3 Å². The molecule has 0 saturated carbocycles. The van der Waals surface area contributed by atoms with Crippen LogP contribution in [-0.4, -0.2) is 41.3 Å². The van der Waals surface area contributed by atoms with Crippen molar-refractivity contribution in [1.82, 2.24) is 5.12 Å². The van der Waals surface area contributed by atoms with Gasteiger partial charge in [-0.1, -0.05) is 0 Å². The summed E-state index contributed by atoms with van der Waals surface area (Å²) in [7, 11) is 1.13. The van der Waals surface area contributed by atoms with Crippen molar-refractivity contribution in [2.24, 2.45) is 10.4 Å². The van der Waals surface area contributed by atoms with Crippen molar-refractivity contribution in [3.8, 4) is 0 Å². The van der Waals surface area contributed by atoms with E-state index in [4.69, 9.17) is 0 Å². The van der Waals surface area contributed by atoms with Crippen LogP contribution in [0.25, 0.3) is 0 Å². The molecule has 2 aliphatic rings. The molecular formula is C14H11FN4O5. The average Bonchev–Trinajstić information content (AvgIpc) is 3.06. The van der Waals surface area contributed by atoms with Gasteiger partial charge < -0.3 is 4.74 Å². The lowest BCUT2D eigenvalue weighted by atomic mass is 9.92. The fourth-order valence-corrected chi connectivity index (χ4v) is 2.79. The Morgan fingerprint density at radius 3 is 2.54 bits per heavy atom. The molecule has 0 aromatic heterocycles. The smallest absolute Gasteiger partial charge is 0.354 e. The van der Waals surface area contributed by atoms with Crippen LogP contribution in [-0.2, 0) is 19.1 Å². The van der Waals surface area contributed by atoms with E-state index in [9.17, 15) is 23.7 Å². The maximum Gasteiger partial charge on any atom is 0.354 e. The number of amides is 2. The van der Waals surface area contributed by atoms with E-state index in [-0.39, 0.29) is 24.2 Å². The third kappa shape index (κ3) is 2.14. The van der Waals surface area contributed by atoms with Gasteiger partial charge in [-0.25, -0.2) is 14.1 Å². The molecular weight excluding hydrogens is 323 g/mol.